The maximum Gasteiger partial charge on any atom is 0.466 e. The first-order valence-electron chi connectivity index (χ1n) is 10.6. The molecule has 0 fully saturated rings. The third-order valence-corrected chi connectivity index (χ3v) is 3.99. The van der Waals surface area contributed by atoms with Crippen LogP contribution in [0.1, 0.15) is 110 Å². The molecule has 184 valence electrons. The first-order chi connectivity index (χ1) is 13.8. The van der Waals surface area contributed by atoms with Crippen LogP contribution in [0, 0.1) is 0 Å². The van der Waals surface area contributed by atoms with Gasteiger partial charge in [-0.2, -0.15) is 0 Å². The average molecular weight is 480 g/mol. The van der Waals surface area contributed by atoms with Crippen LogP contribution in [-0.4, -0.2) is 40.4 Å². The van der Waals surface area contributed by atoms with E-state index in [1.54, 1.807) is 0 Å². The van der Waals surface area contributed by atoms with Gasteiger partial charge in [-0.1, -0.05) is 96.8 Å². The van der Waals surface area contributed by atoms with E-state index in [0.29, 0.717) is 6.42 Å². The number of carboxylic acids is 1. The second kappa shape index (κ2) is 23.4. The Morgan fingerprint density at radius 1 is 0.533 bits per heavy atom. The summed E-state index contributed by atoms with van der Waals surface area (Å²) in [6.07, 6.45) is 20.2. The quantitative estimate of drug-likeness (QED) is 0.122. The molecule has 0 aliphatic carbocycles. The van der Waals surface area contributed by atoms with Crippen LogP contribution in [0.5, 0.6) is 0 Å². The number of carbonyl (C=O) groups is 1. The zero-order valence-corrected chi connectivity index (χ0v) is 19.9. The summed E-state index contributed by atoms with van der Waals surface area (Å²) in [4.78, 5) is 53.5. The van der Waals surface area contributed by atoms with Gasteiger partial charge in [-0.25, -0.2) is 9.13 Å². The number of carboxylic acid groups (broad SMARTS) is 1. The van der Waals surface area contributed by atoms with Gasteiger partial charge in [0.1, 0.15) is 0 Å². The van der Waals surface area contributed by atoms with Gasteiger partial charge in [-0.15, -0.1) is 0 Å². The number of phosphoric acid groups is 2. The fourth-order valence-corrected chi connectivity index (χ4v) is 2.65. The van der Waals surface area contributed by atoms with E-state index in [9.17, 15) is 4.79 Å². The minimum Gasteiger partial charge on any atom is -0.481 e. The van der Waals surface area contributed by atoms with Crippen molar-refractivity contribution in [2.24, 2.45) is 0 Å². The SMILES string of the molecule is CCCCCCCCCCCCCCCCCC(=O)O.O=P(O)(O)O.O=P(O)(O)O. The molecule has 0 spiro atoms. The third-order valence-electron chi connectivity index (χ3n) is 3.99. The zero-order chi connectivity index (χ0) is 23.9. The molecule has 0 aliphatic heterocycles. The summed E-state index contributed by atoms with van der Waals surface area (Å²) in [5.41, 5.74) is 0. The smallest absolute Gasteiger partial charge is 0.466 e. The predicted molar refractivity (Wildman–Crippen MR) is 116 cm³/mol. The van der Waals surface area contributed by atoms with E-state index in [4.69, 9.17) is 43.6 Å². The Hall–Kier alpha value is -0.310. The Kier molecular flexibility index (Phi) is 26.7. The lowest BCUT2D eigenvalue weighted by Crippen LogP contribution is -1.93. The largest absolute Gasteiger partial charge is 0.481 e. The van der Waals surface area contributed by atoms with E-state index in [2.05, 4.69) is 6.92 Å². The van der Waals surface area contributed by atoms with Gasteiger partial charge in [0.05, 0.1) is 0 Å². The van der Waals surface area contributed by atoms with Gasteiger partial charge in [-0.05, 0) is 6.42 Å². The summed E-state index contributed by atoms with van der Waals surface area (Å²) in [6, 6.07) is 0. The molecular formula is C18H42O10P2. The van der Waals surface area contributed by atoms with Gasteiger partial charge in [0.2, 0.25) is 0 Å². The van der Waals surface area contributed by atoms with Gasteiger partial charge in [0.25, 0.3) is 0 Å². The Labute approximate surface area is 180 Å². The Morgan fingerprint density at radius 2 is 0.733 bits per heavy atom. The first kappa shape index (κ1) is 34.3. The lowest BCUT2D eigenvalue weighted by molar-refractivity contribution is -0.137. The molecular weight excluding hydrogens is 438 g/mol. The Morgan fingerprint density at radius 3 is 0.933 bits per heavy atom. The maximum atomic E-state index is 10.3. The highest BCUT2D eigenvalue weighted by molar-refractivity contribution is 7.45. The summed E-state index contributed by atoms with van der Waals surface area (Å²) >= 11 is 0. The molecule has 7 N–H and O–H groups in total. The summed E-state index contributed by atoms with van der Waals surface area (Å²) in [7, 11) is -9.28. The third kappa shape index (κ3) is 70.8. The van der Waals surface area contributed by atoms with E-state index < -0.39 is 21.6 Å². The molecule has 0 rings (SSSR count). The van der Waals surface area contributed by atoms with Crippen molar-refractivity contribution in [1.82, 2.24) is 0 Å². The molecule has 0 saturated carbocycles. The fourth-order valence-electron chi connectivity index (χ4n) is 2.65. The summed E-state index contributed by atoms with van der Waals surface area (Å²) in [6.45, 7) is 2.27. The lowest BCUT2D eigenvalue weighted by atomic mass is 10.0. The van der Waals surface area contributed by atoms with E-state index in [1.165, 1.54) is 83.5 Å². The highest BCUT2D eigenvalue weighted by Gasteiger charge is 2.00. The highest BCUT2D eigenvalue weighted by atomic mass is 31.2. The molecule has 0 amide bonds. The number of aliphatic carboxylic acids is 1. The molecule has 0 aromatic rings. The minimum absolute atomic E-state index is 0.345. The van der Waals surface area contributed by atoms with Crippen molar-refractivity contribution < 1.29 is 48.4 Å². The van der Waals surface area contributed by atoms with Crippen molar-refractivity contribution in [3.63, 3.8) is 0 Å². The molecule has 0 aromatic carbocycles. The average Bonchev–Trinajstić information content (AvgIpc) is 2.55. The molecule has 0 unspecified atom stereocenters. The second-order valence-corrected chi connectivity index (χ2v) is 9.17. The molecule has 0 aromatic heterocycles. The van der Waals surface area contributed by atoms with Crippen molar-refractivity contribution in [2.45, 2.75) is 110 Å². The molecule has 30 heavy (non-hydrogen) atoms. The summed E-state index contributed by atoms with van der Waals surface area (Å²) < 4.78 is 17.8. The molecule has 0 atom stereocenters. The van der Waals surface area contributed by atoms with Crippen LogP contribution in [0.2, 0.25) is 0 Å². The van der Waals surface area contributed by atoms with E-state index in [1.807, 2.05) is 0 Å². The molecule has 0 aliphatic rings. The molecule has 0 radical (unpaired) electrons. The number of hydrogen-bond donors (Lipinski definition) is 7. The van der Waals surface area contributed by atoms with Gasteiger partial charge in [0, 0.05) is 6.42 Å². The van der Waals surface area contributed by atoms with Crippen LogP contribution in [0.4, 0.5) is 0 Å². The second-order valence-electron chi connectivity index (χ2n) is 7.12. The van der Waals surface area contributed by atoms with Crippen molar-refractivity contribution in [3.05, 3.63) is 0 Å². The van der Waals surface area contributed by atoms with Gasteiger partial charge in [-0.3, -0.25) is 4.79 Å². The van der Waals surface area contributed by atoms with Crippen molar-refractivity contribution in [3.8, 4) is 0 Å². The molecule has 0 heterocycles. The van der Waals surface area contributed by atoms with Crippen LogP contribution < -0.4 is 0 Å². The fraction of sp³-hybridized carbons (Fsp3) is 0.944. The summed E-state index contributed by atoms with van der Waals surface area (Å²) in [5.74, 6) is -0.653. The van der Waals surface area contributed by atoms with Crippen molar-refractivity contribution >= 4 is 21.6 Å². The Bertz CT molecular complexity index is 425. The Balaban J connectivity index is -0.000000599. The topological polar surface area (TPSA) is 193 Å². The maximum absolute atomic E-state index is 10.3. The van der Waals surface area contributed by atoms with Crippen LogP contribution in [0.3, 0.4) is 0 Å². The zero-order valence-electron chi connectivity index (χ0n) is 18.1. The predicted octanol–water partition coefficient (Wildman–Crippen LogP) is 4.48. The molecule has 10 nitrogen and oxygen atoms in total. The van der Waals surface area contributed by atoms with Crippen LogP contribution in [0.15, 0.2) is 0 Å². The molecule has 0 saturated heterocycles. The number of rotatable bonds is 16. The standard InChI is InChI=1S/C18H36O2.2H3O4P/c1-2-3-4-5-6-7-8-9-10-11-12-13-14-15-16-17-18(19)20;2*1-5(2,3)4/h2-17H2,1H3,(H,19,20);2*(H3,1,2,3,4). The first-order valence-corrected chi connectivity index (χ1v) is 13.7. The number of unbranched alkanes of at least 4 members (excludes halogenated alkanes) is 14. The number of hydrogen-bond acceptors (Lipinski definition) is 3. The van der Waals surface area contributed by atoms with Crippen molar-refractivity contribution in [2.75, 3.05) is 0 Å². The van der Waals surface area contributed by atoms with Crippen LogP contribution >= 0.6 is 15.6 Å². The van der Waals surface area contributed by atoms with Gasteiger partial charge < -0.3 is 34.5 Å². The minimum atomic E-state index is -4.64. The van der Waals surface area contributed by atoms with E-state index >= 15 is 0 Å². The van der Waals surface area contributed by atoms with Gasteiger partial charge in [0.15, 0.2) is 0 Å². The van der Waals surface area contributed by atoms with Crippen molar-refractivity contribution in [1.29, 1.82) is 0 Å². The summed E-state index contributed by atoms with van der Waals surface area (Å²) in [5, 5.41) is 8.52. The molecule has 12 heteroatoms. The lowest BCUT2D eigenvalue weighted by Gasteiger charge is -2.03. The highest BCUT2D eigenvalue weighted by Crippen LogP contribution is 2.26. The monoisotopic (exact) mass is 480 g/mol. The van der Waals surface area contributed by atoms with Gasteiger partial charge >= 0.3 is 21.6 Å². The van der Waals surface area contributed by atoms with Crippen LogP contribution in [-0.2, 0) is 13.9 Å². The normalized spacial score (nSPS) is 11.2. The van der Waals surface area contributed by atoms with Crippen LogP contribution in [0.25, 0.3) is 0 Å². The molecule has 0 bridgehead atoms. The van der Waals surface area contributed by atoms with E-state index in [-0.39, 0.29) is 0 Å². The van der Waals surface area contributed by atoms with E-state index in [0.717, 1.165) is 12.8 Å².